The van der Waals surface area contributed by atoms with Gasteiger partial charge in [-0.3, -0.25) is 0 Å². The lowest BCUT2D eigenvalue weighted by atomic mass is 10.3. The summed E-state index contributed by atoms with van der Waals surface area (Å²) in [5.41, 5.74) is 0. The molecule has 1 aromatic carbocycles. The van der Waals surface area contributed by atoms with Gasteiger partial charge in [-0.05, 0) is 12.1 Å². The van der Waals surface area contributed by atoms with E-state index in [9.17, 15) is 13.2 Å². The molecular formula is C9H11F3O. The topological polar surface area (TPSA) is 9.23 Å². The zero-order valence-corrected chi connectivity index (χ0v) is 7.43. The van der Waals surface area contributed by atoms with Crippen molar-refractivity contribution in [1.82, 2.24) is 0 Å². The van der Waals surface area contributed by atoms with Crippen molar-refractivity contribution in [3.63, 3.8) is 0 Å². The summed E-state index contributed by atoms with van der Waals surface area (Å²) in [6, 6.07) is 7.05. The van der Waals surface area contributed by atoms with E-state index in [-0.39, 0.29) is 5.75 Å². The lowest BCUT2D eigenvalue weighted by Gasteiger charge is -2.07. The standard InChI is InChI=1S/C7H5F3O.C2H6/c8-7(9,10)11-6-4-2-1-3-5-6;1-2/h1-5H;1-2H3. The highest BCUT2D eigenvalue weighted by Gasteiger charge is 2.30. The summed E-state index contributed by atoms with van der Waals surface area (Å²) in [6.07, 6.45) is -4.60. The molecule has 0 amide bonds. The maximum absolute atomic E-state index is 11.5. The molecule has 0 unspecified atom stereocenters. The molecule has 74 valence electrons. The van der Waals surface area contributed by atoms with Gasteiger partial charge < -0.3 is 4.74 Å². The van der Waals surface area contributed by atoms with Crippen LogP contribution in [0.1, 0.15) is 13.8 Å². The van der Waals surface area contributed by atoms with Crippen LogP contribution in [0.3, 0.4) is 0 Å². The first-order chi connectivity index (χ1) is 6.08. The Labute approximate surface area is 75.1 Å². The third kappa shape index (κ3) is 6.02. The van der Waals surface area contributed by atoms with Gasteiger partial charge in [0.2, 0.25) is 0 Å². The summed E-state index contributed by atoms with van der Waals surface area (Å²) in [7, 11) is 0. The van der Waals surface area contributed by atoms with Crippen molar-refractivity contribution in [1.29, 1.82) is 0 Å². The van der Waals surface area contributed by atoms with Gasteiger partial charge in [-0.25, -0.2) is 0 Å². The van der Waals surface area contributed by atoms with Crippen molar-refractivity contribution in [3.05, 3.63) is 30.3 Å². The molecule has 0 aliphatic rings. The summed E-state index contributed by atoms with van der Waals surface area (Å²) in [5.74, 6) is -0.194. The molecule has 4 heteroatoms. The zero-order valence-electron chi connectivity index (χ0n) is 7.43. The number of para-hydroxylation sites is 1. The summed E-state index contributed by atoms with van der Waals surface area (Å²) >= 11 is 0. The second-order valence-corrected chi connectivity index (χ2v) is 1.86. The molecular weight excluding hydrogens is 181 g/mol. The van der Waals surface area contributed by atoms with Gasteiger partial charge in [-0.1, -0.05) is 32.0 Å². The van der Waals surface area contributed by atoms with Gasteiger partial charge in [0, 0.05) is 0 Å². The van der Waals surface area contributed by atoms with Crippen LogP contribution < -0.4 is 4.74 Å². The van der Waals surface area contributed by atoms with Crippen LogP contribution in [-0.2, 0) is 0 Å². The highest BCUT2D eigenvalue weighted by Crippen LogP contribution is 2.21. The van der Waals surface area contributed by atoms with Gasteiger partial charge >= 0.3 is 6.36 Å². The molecule has 0 atom stereocenters. The first-order valence-electron chi connectivity index (χ1n) is 3.89. The maximum Gasteiger partial charge on any atom is 0.573 e. The Balaban J connectivity index is 0.000000671. The number of halogens is 3. The van der Waals surface area contributed by atoms with Crippen LogP contribution in [0.4, 0.5) is 13.2 Å². The smallest absolute Gasteiger partial charge is 0.406 e. The molecule has 0 radical (unpaired) electrons. The summed E-state index contributed by atoms with van der Waals surface area (Å²) in [6.45, 7) is 4.00. The van der Waals surface area contributed by atoms with E-state index >= 15 is 0 Å². The molecule has 0 spiro atoms. The van der Waals surface area contributed by atoms with Crippen LogP contribution >= 0.6 is 0 Å². The molecule has 0 N–H and O–H groups in total. The Morgan fingerprint density at radius 2 is 1.46 bits per heavy atom. The first kappa shape index (κ1) is 11.8. The normalized spacial score (nSPS) is 9.92. The van der Waals surface area contributed by atoms with Crippen molar-refractivity contribution in [2.24, 2.45) is 0 Å². The van der Waals surface area contributed by atoms with Gasteiger partial charge in [0.15, 0.2) is 0 Å². The Hall–Kier alpha value is -1.19. The third-order valence-electron chi connectivity index (χ3n) is 0.977. The van der Waals surface area contributed by atoms with Crippen LogP contribution in [-0.4, -0.2) is 6.36 Å². The Morgan fingerprint density at radius 3 is 1.85 bits per heavy atom. The lowest BCUT2D eigenvalue weighted by Crippen LogP contribution is -2.16. The predicted octanol–water partition coefficient (Wildman–Crippen LogP) is 3.61. The molecule has 13 heavy (non-hydrogen) atoms. The quantitative estimate of drug-likeness (QED) is 0.660. The predicted molar refractivity (Wildman–Crippen MR) is 44.5 cm³/mol. The molecule has 1 rings (SSSR count). The number of benzene rings is 1. The second-order valence-electron chi connectivity index (χ2n) is 1.86. The molecule has 0 fully saturated rings. The highest BCUT2D eigenvalue weighted by molar-refractivity contribution is 5.20. The largest absolute Gasteiger partial charge is 0.573 e. The minimum absolute atomic E-state index is 0.194. The SMILES string of the molecule is CC.FC(F)(F)Oc1ccccc1. The molecule has 1 aromatic rings. The minimum atomic E-state index is -4.60. The third-order valence-corrected chi connectivity index (χ3v) is 0.977. The lowest BCUT2D eigenvalue weighted by molar-refractivity contribution is -0.274. The van der Waals surface area contributed by atoms with Crippen LogP contribution in [0.5, 0.6) is 5.75 Å². The van der Waals surface area contributed by atoms with E-state index in [1.807, 2.05) is 13.8 Å². The van der Waals surface area contributed by atoms with Crippen LogP contribution in [0, 0.1) is 0 Å². The minimum Gasteiger partial charge on any atom is -0.406 e. The van der Waals surface area contributed by atoms with E-state index in [0.29, 0.717) is 0 Å². The monoisotopic (exact) mass is 192 g/mol. The molecule has 0 heterocycles. The van der Waals surface area contributed by atoms with Crippen molar-refractivity contribution >= 4 is 0 Å². The fourth-order valence-electron chi connectivity index (χ4n) is 0.622. The van der Waals surface area contributed by atoms with E-state index in [2.05, 4.69) is 4.74 Å². The number of hydrogen-bond acceptors (Lipinski definition) is 1. The van der Waals surface area contributed by atoms with E-state index in [1.165, 1.54) is 24.3 Å². The van der Waals surface area contributed by atoms with Gasteiger partial charge in [-0.2, -0.15) is 0 Å². The molecule has 1 nitrogen and oxygen atoms in total. The van der Waals surface area contributed by atoms with Gasteiger partial charge in [0.1, 0.15) is 5.75 Å². The molecule has 0 aromatic heterocycles. The van der Waals surface area contributed by atoms with E-state index in [4.69, 9.17) is 0 Å². The zero-order chi connectivity index (χ0) is 10.3. The maximum atomic E-state index is 11.5. The Morgan fingerprint density at radius 1 is 1.00 bits per heavy atom. The molecule has 0 aliphatic heterocycles. The van der Waals surface area contributed by atoms with E-state index < -0.39 is 6.36 Å². The number of rotatable bonds is 1. The Bertz CT molecular complexity index is 218. The average molecular weight is 192 g/mol. The van der Waals surface area contributed by atoms with Gasteiger partial charge in [0.05, 0.1) is 0 Å². The van der Waals surface area contributed by atoms with Crippen molar-refractivity contribution in [2.45, 2.75) is 20.2 Å². The van der Waals surface area contributed by atoms with Crippen molar-refractivity contribution < 1.29 is 17.9 Å². The van der Waals surface area contributed by atoms with Crippen molar-refractivity contribution in [2.75, 3.05) is 0 Å². The molecule has 0 aliphatic carbocycles. The van der Waals surface area contributed by atoms with Gasteiger partial charge in [0.25, 0.3) is 0 Å². The summed E-state index contributed by atoms with van der Waals surface area (Å²) in [4.78, 5) is 0. The number of alkyl halides is 3. The van der Waals surface area contributed by atoms with Gasteiger partial charge in [-0.15, -0.1) is 13.2 Å². The summed E-state index contributed by atoms with van der Waals surface area (Å²) in [5, 5.41) is 0. The molecule has 0 saturated carbocycles. The number of hydrogen-bond donors (Lipinski definition) is 0. The van der Waals surface area contributed by atoms with Crippen LogP contribution in [0.2, 0.25) is 0 Å². The second kappa shape index (κ2) is 5.45. The average Bonchev–Trinajstić information content (AvgIpc) is 2.07. The van der Waals surface area contributed by atoms with Crippen LogP contribution in [0.15, 0.2) is 30.3 Å². The fraction of sp³-hybridized carbons (Fsp3) is 0.333. The number of ether oxygens (including phenoxy) is 1. The first-order valence-corrected chi connectivity index (χ1v) is 3.89. The fourth-order valence-corrected chi connectivity index (χ4v) is 0.622. The van der Waals surface area contributed by atoms with Crippen LogP contribution in [0.25, 0.3) is 0 Å². The molecule has 0 saturated heterocycles. The van der Waals surface area contributed by atoms with E-state index in [1.54, 1.807) is 6.07 Å². The summed E-state index contributed by atoms with van der Waals surface area (Å²) < 4.78 is 38.2. The highest BCUT2D eigenvalue weighted by atomic mass is 19.4. The Kier molecular flexibility index (Phi) is 4.96. The molecule has 0 bridgehead atoms. The van der Waals surface area contributed by atoms with E-state index in [0.717, 1.165) is 0 Å². The van der Waals surface area contributed by atoms with Crippen molar-refractivity contribution in [3.8, 4) is 5.75 Å².